The molecule has 3 aromatic rings. The topological polar surface area (TPSA) is 62.3 Å². The number of β-lactam (4-membered cyclic amide) rings is 1. The Morgan fingerprint density at radius 2 is 1.79 bits per heavy atom. The molecular formula is C22H18ClN3O2. The van der Waals surface area contributed by atoms with Crippen molar-refractivity contribution in [3.05, 3.63) is 89.2 Å². The van der Waals surface area contributed by atoms with Crippen LogP contribution in [0.3, 0.4) is 0 Å². The number of amides is 2. The number of aromatic nitrogens is 1. The Morgan fingerprint density at radius 1 is 1.07 bits per heavy atom. The van der Waals surface area contributed by atoms with E-state index in [1.807, 2.05) is 37.3 Å². The number of carbonyl (C=O) groups is 2. The molecule has 4 rings (SSSR count). The summed E-state index contributed by atoms with van der Waals surface area (Å²) in [5, 5.41) is 3.49. The number of carbonyl (C=O) groups excluding carboxylic acids is 2. The maximum atomic E-state index is 13.4. The lowest BCUT2D eigenvalue weighted by Gasteiger charge is -2.49. The van der Waals surface area contributed by atoms with Gasteiger partial charge in [-0.3, -0.25) is 19.5 Å². The van der Waals surface area contributed by atoms with Crippen LogP contribution in [0.5, 0.6) is 0 Å². The van der Waals surface area contributed by atoms with Gasteiger partial charge in [0.25, 0.3) is 5.91 Å². The minimum Gasteiger partial charge on any atom is -0.324 e. The molecule has 140 valence electrons. The van der Waals surface area contributed by atoms with Crippen LogP contribution in [0.25, 0.3) is 0 Å². The molecular weight excluding hydrogens is 374 g/mol. The number of nitrogens with zero attached hydrogens (tertiary/aromatic N) is 2. The fourth-order valence-corrected chi connectivity index (χ4v) is 3.56. The minimum absolute atomic E-state index is 0.0529. The highest BCUT2D eigenvalue weighted by atomic mass is 35.5. The summed E-state index contributed by atoms with van der Waals surface area (Å²) < 4.78 is 0. The highest BCUT2D eigenvalue weighted by Crippen LogP contribution is 2.45. The molecule has 1 aliphatic rings. The van der Waals surface area contributed by atoms with Crippen molar-refractivity contribution in [2.45, 2.75) is 18.9 Å². The molecule has 0 saturated carbocycles. The van der Waals surface area contributed by atoms with Gasteiger partial charge in [0.15, 0.2) is 5.54 Å². The first-order valence-electron chi connectivity index (χ1n) is 8.89. The van der Waals surface area contributed by atoms with Gasteiger partial charge in [-0.2, -0.15) is 0 Å². The maximum absolute atomic E-state index is 13.4. The van der Waals surface area contributed by atoms with E-state index in [1.165, 1.54) is 4.90 Å². The van der Waals surface area contributed by atoms with E-state index >= 15 is 0 Å². The maximum Gasteiger partial charge on any atom is 0.257 e. The zero-order valence-electron chi connectivity index (χ0n) is 15.2. The Balaban J connectivity index is 1.77. The third-order valence-corrected chi connectivity index (χ3v) is 5.15. The molecule has 1 aromatic heterocycles. The smallest absolute Gasteiger partial charge is 0.257 e. The standard InChI is InChI=1S/C22H18ClN3O2/c1-15-5-11-18(12-6-15)26-20(27)14-22(26,19-4-2-3-13-24-19)21(28)25-17-9-7-16(23)8-10-17/h2-13H,14H2,1H3,(H,25,28). The van der Waals surface area contributed by atoms with E-state index in [1.54, 1.807) is 42.6 Å². The molecule has 0 radical (unpaired) electrons. The van der Waals surface area contributed by atoms with Crippen molar-refractivity contribution in [2.75, 3.05) is 10.2 Å². The van der Waals surface area contributed by atoms with E-state index in [2.05, 4.69) is 10.3 Å². The minimum atomic E-state index is -1.20. The predicted octanol–water partition coefficient (Wildman–Crippen LogP) is 4.31. The van der Waals surface area contributed by atoms with Gasteiger partial charge in [0.2, 0.25) is 5.91 Å². The van der Waals surface area contributed by atoms with Gasteiger partial charge in [-0.15, -0.1) is 0 Å². The first-order valence-corrected chi connectivity index (χ1v) is 9.27. The molecule has 1 unspecified atom stereocenters. The molecule has 1 saturated heterocycles. The molecule has 0 spiro atoms. The van der Waals surface area contributed by atoms with Crippen molar-refractivity contribution in [3.8, 4) is 0 Å². The van der Waals surface area contributed by atoms with Crippen LogP contribution in [0, 0.1) is 6.92 Å². The number of aryl methyl sites for hydroxylation is 1. The van der Waals surface area contributed by atoms with Gasteiger partial charge < -0.3 is 5.32 Å². The number of pyridine rings is 1. The highest BCUT2D eigenvalue weighted by molar-refractivity contribution is 6.30. The zero-order valence-corrected chi connectivity index (χ0v) is 16.0. The predicted molar refractivity (Wildman–Crippen MR) is 109 cm³/mol. The summed E-state index contributed by atoms with van der Waals surface area (Å²) >= 11 is 5.93. The lowest BCUT2D eigenvalue weighted by atomic mass is 9.78. The van der Waals surface area contributed by atoms with Gasteiger partial charge in [-0.1, -0.05) is 35.4 Å². The van der Waals surface area contributed by atoms with E-state index in [4.69, 9.17) is 11.6 Å². The Bertz CT molecular complexity index is 1020. The van der Waals surface area contributed by atoms with Crippen LogP contribution in [-0.2, 0) is 15.1 Å². The third-order valence-electron chi connectivity index (χ3n) is 4.90. The second kappa shape index (κ2) is 7.09. The molecule has 1 fully saturated rings. The van der Waals surface area contributed by atoms with Crippen molar-refractivity contribution in [3.63, 3.8) is 0 Å². The Morgan fingerprint density at radius 3 is 2.39 bits per heavy atom. The molecule has 1 N–H and O–H groups in total. The van der Waals surface area contributed by atoms with Gasteiger partial charge >= 0.3 is 0 Å². The van der Waals surface area contributed by atoms with Crippen molar-refractivity contribution in [2.24, 2.45) is 0 Å². The van der Waals surface area contributed by atoms with Gasteiger partial charge in [0.05, 0.1) is 12.1 Å². The fourth-order valence-electron chi connectivity index (χ4n) is 3.44. The van der Waals surface area contributed by atoms with Crippen molar-refractivity contribution < 1.29 is 9.59 Å². The number of hydrogen-bond acceptors (Lipinski definition) is 3. The van der Waals surface area contributed by atoms with Crippen molar-refractivity contribution >= 4 is 34.8 Å². The third kappa shape index (κ3) is 3.04. The summed E-state index contributed by atoms with van der Waals surface area (Å²) in [5.74, 6) is -0.436. The largest absolute Gasteiger partial charge is 0.324 e. The van der Waals surface area contributed by atoms with Crippen LogP contribution >= 0.6 is 11.6 Å². The van der Waals surface area contributed by atoms with E-state index in [0.717, 1.165) is 5.56 Å². The van der Waals surface area contributed by atoms with Gasteiger partial charge in [-0.25, -0.2) is 0 Å². The molecule has 28 heavy (non-hydrogen) atoms. The number of hydrogen-bond donors (Lipinski definition) is 1. The molecule has 5 nitrogen and oxygen atoms in total. The van der Waals surface area contributed by atoms with E-state index < -0.39 is 5.54 Å². The van der Waals surface area contributed by atoms with E-state index in [-0.39, 0.29) is 18.2 Å². The van der Waals surface area contributed by atoms with E-state index in [9.17, 15) is 9.59 Å². The second-order valence-electron chi connectivity index (χ2n) is 6.78. The average molecular weight is 392 g/mol. The van der Waals surface area contributed by atoms with Crippen LogP contribution in [0.2, 0.25) is 5.02 Å². The quantitative estimate of drug-likeness (QED) is 0.674. The summed E-state index contributed by atoms with van der Waals surface area (Å²) in [6, 6.07) is 19.8. The SMILES string of the molecule is Cc1ccc(N2C(=O)CC2(C(=O)Nc2ccc(Cl)cc2)c2ccccn2)cc1. The van der Waals surface area contributed by atoms with Crippen LogP contribution in [0.1, 0.15) is 17.7 Å². The van der Waals surface area contributed by atoms with Crippen molar-refractivity contribution in [1.29, 1.82) is 0 Å². The average Bonchev–Trinajstić information content (AvgIpc) is 2.70. The monoisotopic (exact) mass is 391 g/mol. The lowest BCUT2D eigenvalue weighted by Crippen LogP contribution is -2.67. The Hall–Kier alpha value is -3.18. The van der Waals surface area contributed by atoms with Crippen molar-refractivity contribution in [1.82, 2.24) is 4.98 Å². The number of rotatable bonds is 4. The number of benzene rings is 2. The Labute approximate surface area is 168 Å². The van der Waals surface area contributed by atoms with Crippen LogP contribution in [-0.4, -0.2) is 16.8 Å². The first-order chi connectivity index (χ1) is 13.5. The molecule has 2 amide bonds. The van der Waals surface area contributed by atoms with Gasteiger partial charge in [-0.05, 0) is 55.5 Å². The molecule has 0 bridgehead atoms. The first kappa shape index (κ1) is 18.2. The normalized spacial score (nSPS) is 18.5. The molecule has 6 heteroatoms. The van der Waals surface area contributed by atoms with Crippen LogP contribution in [0.4, 0.5) is 11.4 Å². The number of halogens is 1. The molecule has 0 aliphatic carbocycles. The number of anilines is 2. The molecule has 1 aliphatic heterocycles. The molecule has 2 heterocycles. The molecule has 1 atom stereocenters. The van der Waals surface area contributed by atoms with Gasteiger partial charge in [0.1, 0.15) is 0 Å². The summed E-state index contributed by atoms with van der Waals surface area (Å²) in [5.41, 5.74) is 1.67. The fraction of sp³-hybridized carbons (Fsp3) is 0.136. The van der Waals surface area contributed by atoms with Gasteiger partial charge in [0, 0.05) is 22.6 Å². The zero-order chi connectivity index (χ0) is 19.7. The number of nitrogens with one attached hydrogen (secondary N) is 1. The lowest BCUT2D eigenvalue weighted by molar-refractivity contribution is -0.137. The van der Waals surface area contributed by atoms with Crippen LogP contribution < -0.4 is 10.2 Å². The Kier molecular flexibility index (Phi) is 4.61. The molecule has 2 aromatic carbocycles. The summed E-state index contributed by atoms with van der Waals surface area (Å²) in [4.78, 5) is 32.0. The summed E-state index contributed by atoms with van der Waals surface area (Å²) in [7, 11) is 0. The second-order valence-corrected chi connectivity index (χ2v) is 7.21. The summed E-state index contributed by atoms with van der Waals surface area (Å²) in [6.07, 6.45) is 1.68. The van der Waals surface area contributed by atoms with E-state index in [0.29, 0.717) is 22.1 Å². The highest BCUT2D eigenvalue weighted by Gasteiger charge is 2.59. The summed E-state index contributed by atoms with van der Waals surface area (Å²) in [6.45, 7) is 1.97. The van der Waals surface area contributed by atoms with Crippen LogP contribution in [0.15, 0.2) is 72.9 Å².